The first-order chi connectivity index (χ1) is 11.9. The fourth-order valence-corrected chi connectivity index (χ4v) is 4.49. The van der Waals surface area contributed by atoms with Crippen molar-refractivity contribution in [2.75, 3.05) is 32.8 Å². The third-order valence-electron chi connectivity index (χ3n) is 5.24. The van der Waals surface area contributed by atoms with E-state index < -0.39 is 17.5 Å². The van der Waals surface area contributed by atoms with Gasteiger partial charge in [0.2, 0.25) is 0 Å². The van der Waals surface area contributed by atoms with Crippen LogP contribution in [-0.4, -0.2) is 54.9 Å². The van der Waals surface area contributed by atoms with Gasteiger partial charge in [-0.25, -0.2) is 9.78 Å². The van der Waals surface area contributed by atoms with Crippen LogP contribution in [0.2, 0.25) is 0 Å². The molecule has 3 heterocycles. The number of thiazole rings is 1. The monoisotopic (exact) mass is 377 g/mol. The summed E-state index contributed by atoms with van der Waals surface area (Å²) in [4.78, 5) is 18.1. The van der Waals surface area contributed by atoms with Gasteiger partial charge in [0.1, 0.15) is 0 Å². The van der Waals surface area contributed by atoms with Crippen LogP contribution in [0.3, 0.4) is 0 Å². The van der Waals surface area contributed by atoms with Gasteiger partial charge >= 0.3 is 12.2 Å². The number of carbonyl (C=O) groups excluding carboxylic acids is 1. The molecule has 0 radical (unpaired) electrons. The van der Waals surface area contributed by atoms with E-state index >= 15 is 0 Å². The van der Waals surface area contributed by atoms with Gasteiger partial charge in [-0.3, -0.25) is 0 Å². The second-order valence-corrected chi connectivity index (χ2v) is 7.46. The Morgan fingerprint density at radius 2 is 2.20 bits per heavy atom. The molecule has 0 saturated carbocycles. The van der Waals surface area contributed by atoms with Crippen LogP contribution in [0.5, 0.6) is 0 Å². The number of nitrogens with zero attached hydrogens (tertiary/aromatic N) is 2. The minimum absolute atomic E-state index is 0.0387. The standard InChI is InChI=1S/C16H22F3N3O2S/c17-16(18,19)13-2-6-22(10-15(13)3-7-24-8-4-15)14(23)20-5-1-12-9-25-11-21-12/h9,11,13H,1-8,10H2,(H,20,23)/t13-/m1/s1. The molecular weight excluding hydrogens is 355 g/mol. The number of likely N-dealkylation sites (tertiary alicyclic amines) is 1. The molecule has 0 aliphatic carbocycles. The average molecular weight is 377 g/mol. The summed E-state index contributed by atoms with van der Waals surface area (Å²) in [6.45, 7) is 1.36. The van der Waals surface area contributed by atoms with E-state index in [1.54, 1.807) is 5.51 Å². The maximum Gasteiger partial charge on any atom is 0.392 e. The van der Waals surface area contributed by atoms with Gasteiger partial charge in [-0.15, -0.1) is 11.3 Å². The van der Waals surface area contributed by atoms with Crippen molar-refractivity contribution in [1.29, 1.82) is 0 Å². The zero-order valence-electron chi connectivity index (χ0n) is 13.8. The molecule has 3 rings (SSSR count). The number of hydrogen-bond donors (Lipinski definition) is 1. The molecule has 0 aromatic carbocycles. The number of halogens is 3. The Labute approximate surface area is 148 Å². The minimum Gasteiger partial charge on any atom is -0.381 e. The molecule has 1 N–H and O–H groups in total. The summed E-state index contributed by atoms with van der Waals surface area (Å²) in [7, 11) is 0. The highest BCUT2D eigenvalue weighted by Crippen LogP contribution is 2.50. The lowest BCUT2D eigenvalue weighted by Crippen LogP contribution is -2.58. The van der Waals surface area contributed by atoms with Crippen LogP contribution < -0.4 is 5.32 Å². The first-order valence-electron chi connectivity index (χ1n) is 8.45. The quantitative estimate of drug-likeness (QED) is 0.881. The molecule has 1 aromatic rings. The molecule has 2 aliphatic heterocycles. The van der Waals surface area contributed by atoms with Crippen molar-refractivity contribution in [3.63, 3.8) is 0 Å². The van der Waals surface area contributed by atoms with Gasteiger partial charge in [-0.05, 0) is 19.3 Å². The lowest BCUT2D eigenvalue weighted by atomic mass is 9.66. The summed E-state index contributed by atoms with van der Waals surface area (Å²) in [5.41, 5.74) is 1.72. The topological polar surface area (TPSA) is 54.5 Å². The lowest BCUT2D eigenvalue weighted by molar-refractivity contribution is -0.232. The zero-order chi connectivity index (χ0) is 17.9. The van der Waals surface area contributed by atoms with E-state index in [2.05, 4.69) is 10.3 Å². The van der Waals surface area contributed by atoms with Gasteiger partial charge in [0, 0.05) is 50.1 Å². The van der Waals surface area contributed by atoms with E-state index in [-0.39, 0.29) is 25.5 Å². The number of carbonyl (C=O) groups is 1. The minimum atomic E-state index is -4.23. The maximum atomic E-state index is 13.5. The molecule has 1 atom stereocenters. The first-order valence-corrected chi connectivity index (χ1v) is 9.39. The highest BCUT2D eigenvalue weighted by atomic mass is 32.1. The van der Waals surface area contributed by atoms with Crippen molar-refractivity contribution in [3.05, 3.63) is 16.6 Å². The van der Waals surface area contributed by atoms with Crippen molar-refractivity contribution < 1.29 is 22.7 Å². The molecule has 0 bridgehead atoms. The Hall–Kier alpha value is -1.35. The number of piperidine rings is 1. The predicted octanol–water partition coefficient (Wildman–Crippen LogP) is 3.08. The number of nitrogens with one attached hydrogen (secondary N) is 1. The summed E-state index contributed by atoms with van der Waals surface area (Å²) >= 11 is 1.49. The molecule has 140 valence electrons. The van der Waals surface area contributed by atoms with Gasteiger partial charge in [0.15, 0.2) is 0 Å². The zero-order valence-corrected chi connectivity index (χ0v) is 14.7. The van der Waals surface area contributed by atoms with E-state index in [0.717, 1.165) is 5.69 Å². The Balaban J connectivity index is 1.60. The third-order valence-corrected chi connectivity index (χ3v) is 5.88. The molecule has 25 heavy (non-hydrogen) atoms. The van der Waals surface area contributed by atoms with E-state index in [0.29, 0.717) is 39.0 Å². The van der Waals surface area contributed by atoms with Gasteiger partial charge in [0.05, 0.1) is 17.1 Å². The summed E-state index contributed by atoms with van der Waals surface area (Å²) in [6, 6.07) is -0.290. The number of amides is 2. The lowest BCUT2D eigenvalue weighted by Gasteiger charge is -2.50. The molecule has 5 nitrogen and oxygen atoms in total. The molecule has 2 saturated heterocycles. The normalized spacial score (nSPS) is 23.6. The number of ether oxygens (including phenoxy) is 1. The third kappa shape index (κ3) is 4.25. The summed E-state index contributed by atoms with van der Waals surface area (Å²) in [6.07, 6.45) is -2.96. The molecule has 9 heteroatoms. The Morgan fingerprint density at radius 1 is 1.44 bits per heavy atom. The highest BCUT2D eigenvalue weighted by molar-refractivity contribution is 7.07. The average Bonchev–Trinajstić information content (AvgIpc) is 3.07. The SMILES string of the molecule is O=C(NCCc1cscn1)N1CC[C@@H](C(F)(F)F)C2(CCOCC2)C1. The maximum absolute atomic E-state index is 13.5. The molecule has 1 spiro atoms. The predicted molar refractivity (Wildman–Crippen MR) is 87.4 cm³/mol. The van der Waals surface area contributed by atoms with Gasteiger partial charge in [0.25, 0.3) is 0 Å². The van der Waals surface area contributed by atoms with Gasteiger partial charge in [-0.1, -0.05) is 0 Å². The smallest absolute Gasteiger partial charge is 0.381 e. The van der Waals surface area contributed by atoms with E-state index in [4.69, 9.17) is 4.74 Å². The summed E-state index contributed by atoms with van der Waals surface area (Å²) in [5, 5.41) is 4.72. The Kier molecular flexibility index (Phi) is 5.52. The van der Waals surface area contributed by atoms with Crippen LogP contribution in [0.1, 0.15) is 25.0 Å². The Morgan fingerprint density at radius 3 is 2.84 bits per heavy atom. The number of urea groups is 1. The number of rotatable bonds is 3. The number of alkyl halides is 3. The fourth-order valence-electron chi connectivity index (χ4n) is 3.90. The van der Waals surface area contributed by atoms with Crippen LogP contribution in [0.25, 0.3) is 0 Å². The second-order valence-electron chi connectivity index (χ2n) is 6.74. The van der Waals surface area contributed by atoms with Crippen molar-refractivity contribution in [1.82, 2.24) is 15.2 Å². The van der Waals surface area contributed by atoms with Crippen molar-refractivity contribution >= 4 is 17.4 Å². The van der Waals surface area contributed by atoms with Gasteiger partial charge in [-0.2, -0.15) is 13.2 Å². The molecule has 2 fully saturated rings. The van der Waals surface area contributed by atoms with E-state index in [9.17, 15) is 18.0 Å². The van der Waals surface area contributed by atoms with Crippen LogP contribution in [-0.2, 0) is 11.2 Å². The molecule has 1 aromatic heterocycles. The van der Waals surface area contributed by atoms with E-state index in [1.807, 2.05) is 5.38 Å². The van der Waals surface area contributed by atoms with Crippen LogP contribution >= 0.6 is 11.3 Å². The summed E-state index contributed by atoms with van der Waals surface area (Å²) < 4.78 is 45.7. The number of aromatic nitrogens is 1. The van der Waals surface area contributed by atoms with Crippen LogP contribution in [0.4, 0.5) is 18.0 Å². The van der Waals surface area contributed by atoms with Crippen molar-refractivity contribution in [2.45, 2.75) is 31.9 Å². The fraction of sp³-hybridized carbons (Fsp3) is 0.750. The van der Waals surface area contributed by atoms with Crippen molar-refractivity contribution in [3.8, 4) is 0 Å². The largest absolute Gasteiger partial charge is 0.392 e. The molecule has 0 unspecified atom stereocenters. The molecule has 2 aliphatic rings. The van der Waals surface area contributed by atoms with Crippen LogP contribution in [0.15, 0.2) is 10.9 Å². The summed E-state index contributed by atoms with van der Waals surface area (Å²) in [5.74, 6) is -1.36. The first kappa shape index (κ1) is 18.4. The second kappa shape index (κ2) is 7.49. The molecule has 2 amide bonds. The van der Waals surface area contributed by atoms with Crippen LogP contribution in [0, 0.1) is 11.3 Å². The van der Waals surface area contributed by atoms with E-state index in [1.165, 1.54) is 16.2 Å². The molecular formula is C16H22F3N3O2S. The highest BCUT2D eigenvalue weighted by Gasteiger charge is 2.56. The number of hydrogen-bond acceptors (Lipinski definition) is 4. The Bertz CT molecular complexity index is 574. The van der Waals surface area contributed by atoms with Crippen molar-refractivity contribution in [2.24, 2.45) is 11.3 Å². The van der Waals surface area contributed by atoms with Gasteiger partial charge < -0.3 is 15.0 Å².